The minimum Gasteiger partial charge on any atom is -0.467 e. The number of sulfone groups is 1. The van der Waals surface area contributed by atoms with Gasteiger partial charge in [0.25, 0.3) is 5.91 Å². The van der Waals surface area contributed by atoms with E-state index in [1.165, 1.54) is 35.4 Å². The second-order valence-corrected chi connectivity index (χ2v) is 7.03. The molecule has 1 amide bonds. The summed E-state index contributed by atoms with van der Waals surface area (Å²) in [4.78, 5) is 14.2. The number of carbonyl (C=O) groups excluding carboxylic acids is 1. The van der Waals surface area contributed by atoms with Crippen LogP contribution < -0.4 is 0 Å². The van der Waals surface area contributed by atoms with Gasteiger partial charge in [-0.15, -0.1) is 0 Å². The number of hydrogen-bond acceptors (Lipinski definition) is 5. The van der Waals surface area contributed by atoms with Crippen LogP contribution in [-0.4, -0.2) is 32.0 Å². The number of furan rings is 1. The SMILES string of the molecule is CS(=O)(=O)c1ccc(C(=O)N(CCC#N)Cc2ccco2)cc1. The number of nitriles is 1. The van der Waals surface area contributed by atoms with E-state index in [9.17, 15) is 13.2 Å². The second kappa shape index (κ2) is 7.11. The Balaban J connectivity index is 2.20. The molecule has 0 radical (unpaired) electrons. The average molecular weight is 332 g/mol. The quantitative estimate of drug-likeness (QED) is 0.809. The number of rotatable bonds is 6. The van der Waals surface area contributed by atoms with Crippen molar-refractivity contribution >= 4 is 15.7 Å². The molecule has 0 aliphatic rings. The summed E-state index contributed by atoms with van der Waals surface area (Å²) in [5.74, 6) is 0.334. The molecular weight excluding hydrogens is 316 g/mol. The van der Waals surface area contributed by atoms with Crippen molar-refractivity contribution in [2.75, 3.05) is 12.8 Å². The standard InChI is InChI=1S/C16H16N2O4S/c1-23(20,21)15-7-5-13(6-8-15)16(19)18(10-3-9-17)12-14-4-2-11-22-14/h2,4-8,11H,3,10,12H2,1H3. The number of amides is 1. The van der Waals surface area contributed by atoms with E-state index in [1.807, 2.05) is 6.07 Å². The van der Waals surface area contributed by atoms with Gasteiger partial charge in [-0.2, -0.15) is 5.26 Å². The van der Waals surface area contributed by atoms with Crippen molar-refractivity contribution in [2.24, 2.45) is 0 Å². The number of carbonyl (C=O) groups is 1. The number of hydrogen-bond donors (Lipinski definition) is 0. The highest BCUT2D eigenvalue weighted by Gasteiger charge is 2.18. The summed E-state index contributed by atoms with van der Waals surface area (Å²) in [6, 6.07) is 11.2. The molecule has 0 aliphatic carbocycles. The molecule has 0 N–H and O–H groups in total. The highest BCUT2D eigenvalue weighted by molar-refractivity contribution is 7.90. The van der Waals surface area contributed by atoms with Gasteiger partial charge >= 0.3 is 0 Å². The fourth-order valence-electron chi connectivity index (χ4n) is 2.06. The first kappa shape index (κ1) is 16.8. The van der Waals surface area contributed by atoms with Crippen molar-refractivity contribution in [1.82, 2.24) is 4.90 Å². The van der Waals surface area contributed by atoms with Gasteiger partial charge in [0.15, 0.2) is 9.84 Å². The fraction of sp³-hybridized carbons (Fsp3) is 0.250. The zero-order valence-corrected chi connectivity index (χ0v) is 13.4. The van der Waals surface area contributed by atoms with Crippen LogP contribution in [0.15, 0.2) is 52.0 Å². The minimum atomic E-state index is -3.30. The lowest BCUT2D eigenvalue weighted by Gasteiger charge is -2.20. The Hall–Kier alpha value is -2.59. The van der Waals surface area contributed by atoms with E-state index in [0.29, 0.717) is 11.3 Å². The van der Waals surface area contributed by atoms with Gasteiger partial charge in [-0.05, 0) is 36.4 Å². The fourth-order valence-corrected chi connectivity index (χ4v) is 2.69. The molecule has 0 saturated heterocycles. The first-order valence-corrected chi connectivity index (χ1v) is 8.79. The Bertz CT molecular complexity index is 803. The molecule has 1 heterocycles. The molecule has 6 nitrogen and oxygen atoms in total. The van der Waals surface area contributed by atoms with E-state index in [1.54, 1.807) is 12.1 Å². The molecule has 0 bridgehead atoms. The van der Waals surface area contributed by atoms with E-state index < -0.39 is 9.84 Å². The summed E-state index contributed by atoms with van der Waals surface area (Å²) in [6.07, 6.45) is 2.83. The summed E-state index contributed by atoms with van der Waals surface area (Å²) in [7, 11) is -3.30. The molecule has 0 atom stereocenters. The first-order valence-electron chi connectivity index (χ1n) is 6.90. The second-order valence-electron chi connectivity index (χ2n) is 5.01. The summed E-state index contributed by atoms with van der Waals surface area (Å²) in [5, 5.41) is 8.74. The van der Waals surface area contributed by atoms with Gasteiger partial charge in [-0.1, -0.05) is 0 Å². The number of benzene rings is 1. The van der Waals surface area contributed by atoms with Crippen LogP contribution in [0.3, 0.4) is 0 Å². The van der Waals surface area contributed by atoms with Crippen LogP contribution in [0.5, 0.6) is 0 Å². The van der Waals surface area contributed by atoms with E-state index >= 15 is 0 Å². The van der Waals surface area contributed by atoms with Gasteiger partial charge in [0.1, 0.15) is 5.76 Å². The van der Waals surface area contributed by atoms with Crippen molar-refractivity contribution in [2.45, 2.75) is 17.9 Å². The van der Waals surface area contributed by atoms with Gasteiger partial charge in [0, 0.05) is 18.4 Å². The van der Waals surface area contributed by atoms with Crippen molar-refractivity contribution in [1.29, 1.82) is 5.26 Å². The van der Waals surface area contributed by atoms with E-state index in [2.05, 4.69) is 0 Å². The molecule has 0 aliphatic heterocycles. The molecule has 2 aromatic rings. The zero-order valence-electron chi connectivity index (χ0n) is 12.6. The Morgan fingerprint density at radius 2 is 1.96 bits per heavy atom. The van der Waals surface area contributed by atoms with E-state index in [0.717, 1.165) is 6.26 Å². The van der Waals surface area contributed by atoms with Crippen molar-refractivity contribution < 1.29 is 17.6 Å². The van der Waals surface area contributed by atoms with Gasteiger partial charge in [0.05, 0.1) is 30.2 Å². The molecule has 7 heteroatoms. The van der Waals surface area contributed by atoms with Crippen LogP contribution in [0.2, 0.25) is 0 Å². The maximum atomic E-state index is 12.6. The number of nitrogens with zero attached hydrogens (tertiary/aromatic N) is 2. The van der Waals surface area contributed by atoms with E-state index in [-0.39, 0.29) is 30.3 Å². The molecule has 2 rings (SSSR count). The maximum Gasteiger partial charge on any atom is 0.254 e. The minimum absolute atomic E-state index is 0.156. The van der Waals surface area contributed by atoms with Crippen LogP contribution >= 0.6 is 0 Å². The van der Waals surface area contributed by atoms with Gasteiger partial charge < -0.3 is 9.32 Å². The Morgan fingerprint density at radius 3 is 2.48 bits per heavy atom. The summed E-state index contributed by atoms with van der Waals surface area (Å²) in [6.45, 7) is 0.519. The highest BCUT2D eigenvalue weighted by Crippen LogP contribution is 2.14. The normalized spacial score (nSPS) is 11.0. The highest BCUT2D eigenvalue weighted by atomic mass is 32.2. The molecule has 120 valence electrons. The van der Waals surface area contributed by atoms with Crippen LogP contribution in [0.25, 0.3) is 0 Å². The lowest BCUT2D eigenvalue weighted by molar-refractivity contribution is 0.0735. The predicted octanol–water partition coefficient (Wildman–Crippen LogP) is 2.24. The lowest BCUT2D eigenvalue weighted by Crippen LogP contribution is -2.31. The zero-order chi connectivity index (χ0) is 16.9. The summed E-state index contributed by atoms with van der Waals surface area (Å²) >= 11 is 0. The predicted molar refractivity (Wildman–Crippen MR) is 83.2 cm³/mol. The molecular formula is C16H16N2O4S. The van der Waals surface area contributed by atoms with Crippen LogP contribution in [-0.2, 0) is 16.4 Å². The van der Waals surface area contributed by atoms with Crippen LogP contribution in [0.1, 0.15) is 22.5 Å². The van der Waals surface area contributed by atoms with Gasteiger partial charge in [-0.25, -0.2) is 8.42 Å². The third-order valence-electron chi connectivity index (χ3n) is 3.24. The molecule has 1 aromatic heterocycles. The average Bonchev–Trinajstić information content (AvgIpc) is 3.03. The third-order valence-corrected chi connectivity index (χ3v) is 4.37. The molecule has 1 aromatic carbocycles. The monoisotopic (exact) mass is 332 g/mol. The largest absolute Gasteiger partial charge is 0.467 e. The molecule has 0 spiro atoms. The maximum absolute atomic E-state index is 12.6. The molecule has 0 fully saturated rings. The van der Waals surface area contributed by atoms with Crippen molar-refractivity contribution in [3.05, 3.63) is 54.0 Å². The van der Waals surface area contributed by atoms with E-state index in [4.69, 9.17) is 9.68 Å². The van der Waals surface area contributed by atoms with Gasteiger partial charge in [0.2, 0.25) is 0 Å². The summed E-state index contributed by atoms with van der Waals surface area (Å²) in [5.41, 5.74) is 0.363. The topological polar surface area (TPSA) is 91.4 Å². The van der Waals surface area contributed by atoms with Crippen molar-refractivity contribution in [3.63, 3.8) is 0 Å². The molecule has 0 unspecified atom stereocenters. The van der Waals surface area contributed by atoms with Crippen LogP contribution in [0, 0.1) is 11.3 Å². The van der Waals surface area contributed by atoms with Crippen molar-refractivity contribution in [3.8, 4) is 6.07 Å². The molecule has 0 saturated carbocycles. The third kappa shape index (κ3) is 4.44. The Kier molecular flexibility index (Phi) is 5.19. The van der Waals surface area contributed by atoms with Gasteiger partial charge in [-0.3, -0.25) is 4.79 Å². The first-order chi connectivity index (χ1) is 10.9. The Labute approximate surface area is 134 Å². The summed E-state index contributed by atoms with van der Waals surface area (Å²) < 4.78 is 28.2. The molecule has 23 heavy (non-hydrogen) atoms. The Morgan fingerprint density at radius 1 is 1.26 bits per heavy atom. The smallest absolute Gasteiger partial charge is 0.254 e. The lowest BCUT2D eigenvalue weighted by atomic mass is 10.2. The van der Waals surface area contributed by atoms with Crippen LogP contribution in [0.4, 0.5) is 0 Å².